The van der Waals surface area contributed by atoms with E-state index in [1.807, 2.05) is 94.7 Å². The van der Waals surface area contributed by atoms with Gasteiger partial charge in [0, 0.05) is 38.8 Å². The van der Waals surface area contributed by atoms with E-state index >= 15 is 0 Å². The van der Waals surface area contributed by atoms with Gasteiger partial charge in [-0.25, -0.2) is 4.98 Å². The summed E-state index contributed by atoms with van der Waals surface area (Å²) in [6, 6.07) is 18.2. The van der Waals surface area contributed by atoms with Crippen LogP contribution in [0, 0.1) is 24.2 Å². The number of nitrogens with two attached hydrogens (primary N) is 2. The zero-order valence-electron chi connectivity index (χ0n) is 42.0. The first-order valence-electron chi connectivity index (χ1n) is 25.3. The third-order valence-corrected chi connectivity index (χ3v) is 15.9. The summed E-state index contributed by atoms with van der Waals surface area (Å²) in [7, 11) is 0. The van der Waals surface area contributed by atoms with Crippen LogP contribution in [0.5, 0.6) is 0 Å². The predicted octanol–water partition coefficient (Wildman–Crippen LogP) is 4.77. The van der Waals surface area contributed by atoms with Crippen molar-refractivity contribution in [2.75, 3.05) is 11.4 Å². The number of amides is 6. The molecular weight excluding hydrogens is 933 g/mol. The van der Waals surface area contributed by atoms with Crippen molar-refractivity contribution in [3.8, 4) is 10.4 Å². The maximum absolute atomic E-state index is 14.2. The number of aryl methyl sites for hydroxylation is 2. The minimum Gasteiger partial charge on any atom is -0.391 e. The van der Waals surface area contributed by atoms with Crippen molar-refractivity contribution in [2.24, 2.45) is 28.7 Å². The van der Waals surface area contributed by atoms with Crippen LogP contribution >= 0.6 is 11.3 Å². The number of hydrogen-bond donors (Lipinski definition) is 6. The van der Waals surface area contributed by atoms with Gasteiger partial charge in [0.15, 0.2) is 0 Å². The highest BCUT2D eigenvalue weighted by Gasteiger charge is 2.46. The van der Waals surface area contributed by atoms with Gasteiger partial charge in [0.05, 0.1) is 52.7 Å². The summed E-state index contributed by atoms with van der Waals surface area (Å²) in [5.41, 5.74) is 20.7. The Labute approximate surface area is 426 Å². The number of aliphatic hydroxyl groups excluding tert-OH is 1. The van der Waals surface area contributed by atoms with Crippen LogP contribution in [-0.4, -0.2) is 99.4 Å². The van der Waals surface area contributed by atoms with Crippen molar-refractivity contribution in [1.82, 2.24) is 25.8 Å². The highest BCUT2D eigenvalue weighted by atomic mass is 32.1. The summed E-state index contributed by atoms with van der Waals surface area (Å²) in [5, 5.41) is 19.7. The summed E-state index contributed by atoms with van der Waals surface area (Å²) in [6.45, 7) is 10.0. The van der Waals surface area contributed by atoms with Gasteiger partial charge in [-0.2, -0.15) is 0 Å². The molecule has 72 heavy (non-hydrogen) atoms. The lowest BCUT2D eigenvalue weighted by atomic mass is 9.70. The van der Waals surface area contributed by atoms with E-state index in [9.17, 15) is 33.9 Å². The van der Waals surface area contributed by atoms with Crippen molar-refractivity contribution >= 4 is 52.5 Å². The number of ether oxygens (including phenoxy) is 1. The average molecular weight is 1000 g/mol. The topological polar surface area (TPSA) is 239 Å². The van der Waals surface area contributed by atoms with Crippen molar-refractivity contribution in [3.05, 3.63) is 106 Å². The minimum absolute atomic E-state index is 0.00976. The summed E-state index contributed by atoms with van der Waals surface area (Å²) in [5.74, 6) is -1.43. The molecule has 1 aliphatic carbocycles. The number of aliphatic hydroxyl groups is 1. The van der Waals surface area contributed by atoms with Crippen LogP contribution in [0.2, 0.25) is 0 Å². The number of para-hydroxylation sites is 1. The van der Waals surface area contributed by atoms with Gasteiger partial charge < -0.3 is 42.2 Å². The number of rotatable bonds is 19. The monoisotopic (exact) mass is 1000 g/mol. The molecule has 8 rings (SSSR count). The van der Waals surface area contributed by atoms with Crippen LogP contribution in [-0.2, 0) is 65.9 Å². The molecule has 1 saturated carbocycles. The van der Waals surface area contributed by atoms with E-state index in [-0.39, 0.29) is 74.4 Å². The zero-order chi connectivity index (χ0) is 51.4. The molecule has 8 N–H and O–H groups in total. The van der Waals surface area contributed by atoms with Gasteiger partial charge in [0.25, 0.3) is 0 Å². The number of carbonyl (C=O) groups excluding carboxylic acids is 6. The number of thiazole rings is 1. The number of hydrogen-bond acceptors (Lipinski definition) is 11. The molecule has 0 bridgehead atoms. The van der Waals surface area contributed by atoms with Gasteiger partial charge in [-0.05, 0) is 103 Å². The molecule has 4 heterocycles. The molecule has 4 aromatic rings. The summed E-state index contributed by atoms with van der Waals surface area (Å²) < 4.78 is 6.29. The van der Waals surface area contributed by atoms with E-state index in [0.29, 0.717) is 31.6 Å². The van der Waals surface area contributed by atoms with E-state index in [2.05, 4.69) is 33.1 Å². The van der Waals surface area contributed by atoms with Crippen LogP contribution in [0.15, 0.2) is 72.2 Å². The second kappa shape index (κ2) is 22.4. The Morgan fingerprint density at radius 3 is 2.28 bits per heavy atom. The van der Waals surface area contributed by atoms with Gasteiger partial charge in [0.2, 0.25) is 35.4 Å². The van der Waals surface area contributed by atoms with E-state index in [0.717, 1.165) is 63.3 Å². The predicted molar refractivity (Wildman–Crippen MR) is 275 cm³/mol. The Kier molecular flexibility index (Phi) is 16.3. The number of benzene rings is 3. The fourth-order valence-corrected chi connectivity index (χ4v) is 11.6. The molecule has 1 saturated heterocycles. The Bertz CT molecular complexity index is 2630. The zero-order valence-corrected chi connectivity index (χ0v) is 42.8. The maximum atomic E-state index is 14.2. The number of anilines is 1. The first-order valence-corrected chi connectivity index (χ1v) is 26.2. The fraction of sp³-hybridized carbons (Fsp3) is 0.509. The van der Waals surface area contributed by atoms with E-state index in [1.165, 1.54) is 10.5 Å². The average Bonchev–Trinajstić information content (AvgIpc) is 4.05. The van der Waals surface area contributed by atoms with Gasteiger partial charge in [0.1, 0.15) is 18.1 Å². The molecule has 3 aromatic carbocycles. The Morgan fingerprint density at radius 2 is 1.60 bits per heavy atom. The van der Waals surface area contributed by atoms with Crippen LogP contribution in [0.4, 0.5) is 5.69 Å². The highest BCUT2D eigenvalue weighted by molar-refractivity contribution is 7.13. The second-order valence-corrected chi connectivity index (χ2v) is 22.4. The second-order valence-electron chi connectivity index (χ2n) is 21.5. The molecular formula is C55H70N8O8S. The normalized spacial score (nSPS) is 22.8. The van der Waals surface area contributed by atoms with Gasteiger partial charge in [-0.1, -0.05) is 87.5 Å². The number of carbonyl (C=O) groups is 6. The van der Waals surface area contributed by atoms with Gasteiger partial charge >= 0.3 is 0 Å². The molecule has 4 aliphatic rings. The third kappa shape index (κ3) is 12.2. The van der Waals surface area contributed by atoms with Crippen LogP contribution in [0.1, 0.15) is 106 Å². The lowest BCUT2D eigenvalue weighted by Gasteiger charge is -2.37. The molecule has 384 valence electrons. The molecule has 0 radical (unpaired) electrons. The Hall–Kier alpha value is -6.01. The molecule has 0 unspecified atom stereocenters. The quantitative estimate of drug-likeness (QED) is 0.0752. The van der Waals surface area contributed by atoms with Crippen molar-refractivity contribution in [2.45, 2.75) is 154 Å². The third-order valence-electron chi connectivity index (χ3n) is 14.9. The van der Waals surface area contributed by atoms with E-state index in [1.54, 1.807) is 16.2 Å². The number of nitrogens with one attached hydrogen (secondary N) is 3. The highest BCUT2D eigenvalue weighted by Crippen LogP contribution is 2.40. The minimum atomic E-state index is -0.889. The molecule has 0 spiro atoms. The van der Waals surface area contributed by atoms with Crippen molar-refractivity contribution in [1.29, 1.82) is 0 Å². The molecule has 2 fully saturated rings. The SMILES string of the molecule is Cc1ncsc1-c1ccc(CNC(=O)[C@@H]2C[C@@H](O)CN2C(=O)[C@@H](NC(=O)CC2CC(Cc3ccc(CO[C@H](C)[C@H](CCC(N)=O)NC(=O)[C@@H]4Cc5cccc6c5N4C(=O)[C@@H](N)CC6)cc3)C2)C(C)(C)C)cc1. The molecule has 17 heteroatoms. The van der Waals surface area contributed by atoms with Crippen molar-refractivity contribution in [3.63, 3.8) is 0 Å². The first-order chi connectivity index (χ1) is 34.3. The van der Waals surface area contributed by atoms with Gasteiger partial charge in [-0.15, -0.1) is 11.3 Å². The van der Waals surface area contributed by atoms with E-state index < -0.39 is 53.7 Å². The molecule has 16 nitrogen and oxygen atoms in total. The number of aromatic nitrogens is 1. The maximum Gasteiger partial charge on any atom is 0.246 e. The molecule has 3 aliphatic heterocycles. The molecule has 6 amide bonds. The number of β-amino-alcohol motifs (C(OH)–C–C–N with tert-alkyl or cyclic N) is 1. The summed E-state index contributed by atoms with van der Waals surface area (Å²) in [6.07, 6.45) is 3.55. The number of nitrogens with zero attached hydrogens (tertiary/aromatic N) is 3. The van der Waals surface area contributed by atoms with E-state index in [4.69, 9.17) is 16.2 Å². The molecule has 1 aromatic heterocycles. The first kappa shape index (κ1) is 52.3. The van der Waals surface area contributed by atoms with Crippen LogP contribution < -0.4 is 32.3 Å². The largest absolute Gasteiger partial charge is 0.391 e. The number of likely N-dealkylation sites (tertiary alicyclic amines) is 1. The lowest BCUT2D eigenvalue weighted by molar-refractivity contribution is -0.144. The smallest absolute Gasteiger partial charge is 0.246 e. The summed E-state index contributed by atoms with van der Waals surface area (Å²) in [4.78, 5) is 88.9. The standard InChI is InChI=1S/C55H70N8O8S/c1-31-49(72-30-59-31)39-15-13-34(14-16-39)27-58-51(67)44-26-41(64)28-62(44)54(70)50(55(3,4)5)61-47(66)24-37-22-36(23-37)21-33-9-11-35(12-10-33)29-71-32(2)43(19-20-46(57)65)60-52(68)45-25-40-8-6-7-38-17-18-42(56)53(69)63(45)48(38)40/h6-16,30,32,36-37,41-45,50,64H,17-29,56H2,1-5H3,(H2,57,65)(H,58,67)(H,60,68)(H,61,66)/t32-,36?,37?,41-,42+,43+,44+,45+,50-/m1/s1. The van der Waals surface area contributed by atoms with Crippen molar-refractivity contribution < 1.29 is 38.6 Å². The van der Waals surface area contributed by atoms with Crippen LogP contribution in [0.3, 0.4) is 0 Å². The van der Waals surface area contributed by atoms with Crippen LogP contribution in [0.25, 0.3) is 10.4 Å². The Balaban J connectivity index is 0.784. The fourth-order valence-electron chi connectivity index (χ4n) is 10.8. The summed E-state index contributed by atoms with van der Waals surface area (Å²) >= 11 is 1.58. The molecule has 7 atom stereocenters. The Morgan fingerprint density at radius 1 is 0.903 bits per heavy atom. The number of primary amides is 1. The lowest BCUT2D eigenvalue weighted by Crippen LogP contribution is -2.58. The van der Waals surface area contributed by atoms with Gasteiger partial charge in [-0.3, -0.25) is 33.7 Å².